The largest absolute Gasteiger partial charge is 0.490 e. The van der Waals surface area contributed by atoms with Gasteiger partial charge in [-0.2, -0.15) is 0 Å². The Labute approximate surface area is 110 Å². The van der Waals surface area contributed by atoms with Crippen LogP contribution in [-0.4, -0.2) is 14.2 Å². The minimum atomic E-state index is -1.05. The number of benzene rings is 2. The monoisotopic (exact) mass is 256 g/mol. The van der Waals surface area contributed by atoms with Gasteiger partial charge < -0.3 is 4.74 Å². The highest BCUT2D eigenvalue weighted by atomic mass is 28.3. The molecule has 2 heteroatoms. The van der Waals surface area contributed by atoms with Crippen LogP contribution in [0.2, 0.25) is 25.7 Å². The van der Waals surface area contributed by atoms with E-state index in [2.05, 4.69) is 56.0 Å². The molecule has 1 unspecified atom stereocenters. The Balaban J connectivity index is 1.91. The molecule has 0 amide bonds. The number of fused-ring (bicyclic) bond motifs is 2. The van der Waals surface area contributed by atoms with E-state index in [9.17, 15) is 0 Å². The molecule has 0 saturated heterocycles. The zero-order valence-electron chi connectivity index (χ0n) is 11.4. The summed E-state index contributed by atoms with van der Waals surface area (Å²) in [7, 11) is -1.05. The van der Waals surface area contributed by atoms with Crippen LogP contribution in [0.4, 0.5) is 0 Å². The molecule has 0 aromatic heterocycles. The van der Waals surface area contributed by atoms with Gasteiger partial charge in [0.1, 0.15) is 11.9 Å². The summed E-state index contributed by atoms with van der Waals surface area (Å²) in [5.74, 6) is 1.11. The van der Waals surface area contributed by atoms with Crippen molar-refractivity contribution in [3.05, 3.63) is 42.0 Å². The molecule has 1 nitrogen and oxygen atoms in total. The lowest BCUT2D eigenvalue weighted by molar-refractivity contribution is 0.253. The van der Waals surface area contributed by atoms with Crippen molar-refractivity contribution < 1.29 is 4.74 Å². The topological polar surface area (TPSA) is 9.23 Å². The Morgan fingerprint density at radius 3 is 2.44 bits per heavy atom. The Morgan fingerprint density at radius 2 is 1.78 bits per heavy atom. The van der Waals surface area contributed by atoms with Crippen LogP contribution in [0.3, 0.4) is 0 Å². The lowest BCUT2D eigenvalue weighted by Gasteiger charge is -2.20. The van der Waals surface area contributed by atoms with E-state index in [1.807, 2.05) is 0 Å². The Hall–Kier alpha value is -1.28. The predicted molar refractivity (Wildman–Crippen MR) is 80.2 cm³/mol. The summed E-state index contributed by atoms with van der Waals surface area (Å²) in [5, 5.41) is 2.61. The molecule has 1 atom stereocenters. The van der Waals surface area contributed by atoms with Crippen molar-refractivity contribution in [3.8, 4) is 5.75 Å². The van der Waals surface area contributed by atoms with Crippen molar-refractivity contribution >= 4 is 18.8 Å². The van der Waals surface area contributed by atoms with Crippen LogP contribution in [0, 0.1) is 0 Å². The molecule has 0 radical (unpaired) electrons. The van der Waals surface area contributed by atoms with Gasteiger partial charge in [-0.05, 0) is 34.5 Å². The van der Waals surface area contributed by atoms with Crippen molar-refractivity contribution in [3.63, 3.8) is 0 Å². The molecule has 18 heavy (non-hydrogen) atoms. The molecule has 0 fully saturated rings. The van der Waals surface area contributed by atoms with Gasteiger partial charge in [-0.25, -0.2) is 0 Å². The van der Waals surface area contributed by atoms with Crippen molar-refractivity contribution in [1.29, 1.82) is 0 Å². The third kappa shape index (κ3) is 2.30. The van der Waals surface area contributed by atoms with Gasteiger partial charge in [0.25, 0.3) is 0 Å². The Bertz CT molecular complexity index is 539. The molecule has 1 heterocycles. The minimum Gasteiger partial charge on any atom is -0.490 e. The first-order valence-electron chi connectivity index (χ1n) is 6.70. The molecular weight excluding hydrogens is 236 g/mol. The smallest absolute Gasteiger partial charge is 0.123 e. The fraction of sp³-hybridized carbons (Fsp3) is 0.375. The van der Waals surface area contributed by atoms with Gasteiger partial charge in [-0.15, -0.1) is 0 Å². The first-order chi connectivity index (χ1) is 8.51. The van der Waals surface area contributed by atoms with Crippen LogP contribution >= 0.6 is 0 Å². The molecular formula is C16H20OSi. The normalized spacial score (nSPS) is 18.7. The maximum absolute atomic E-state index is 6.13. The van der Waals surface area contributed by atoms with Gasteiger partial charge in [-0.1, -0.05) is 43.9 Å². The Morgan fingerprint density at radius 1 is 1.11 bits per heavy atom. The average molecular weight is 256 g/mol. The zero-order valence-corrected chi connectivity index (χ0v) is 12.4. The van der Waals surface area contributed by atoms with Gasteiger partial charge in [-0.3, -0.25) is 0 Å². The van der Waals surface area contributed by atoms with Gasteiger partial charge in [0, 0.05) is 14.5 Å². The first kappa shape index (κ1) is 11.8. The second-order valence-corrected chi connectivity index (χ2v) is 12.0. The number of hydrogen-bond donors (Lipinski definition) is 0. The summed E-state index contributed by atoms with van der Waals surface area (Å²) in [4.78, 5) is 0. The maximum atomic E-state index is 6.13. The van der Waals surface area contributed by atoms with E-state index in [0.717, 1.165) is 12.2 Å². The molecule has 2 aromatic carbocycles. The lowest BCUT2D eigenvalue weighted by Crippen LogP contribution is -2.29. The molecule has 0 N–H and O–H groups in total. The zero-order chi connectivity index (χ0) is 12.8. The molecule has 2 aromatic rings. The van der Waals surface area contributed by atoms with Gasteiger partial charge >= 0.3 is 0 Å². The van der Waals surface area contributed by atoms with E-state index >= 15 is 0 Å². The van der Waals surface area contributed by atoms with Crippen molar-refractivity contribution in [2.75, 3.05) is 0 Å². The summed E-state index contributed by atoms with van der Waals surface area (Å²) < 4.78 is 6.13. The van der Waals surface area contributed by atoms with E-state index in [-0.39, 0.29) is 0 Å². The summed E-state index contributed by atoms with van der Waals surface area (Å²) in [6.07, 6.45) is 1.49. The predicted octanol–water partition coefficient (Wildman–Crippen LogP) is 4.48. The van der Waals surface area contributed by atoms with Crippen molar-refractivity contribution in [1.82, 2.24) is 0 Å². The summed E-state index contributed by atoms with van der Waals surface area (Å²) in [5.41, 5.74) is 1.39. The van der Waals surface area contributed by atoms with Gasteiger partial charge in [0.05, 0.1) is 0 Å². The fourth-order valence-electron chi connectivity index (χ4n) is 2.80. The Kier molecular flexibility index (Phi) is 2.70. The highest BCUT2D eigenvalue weighted by molar-refractivity contribution is 6.76. The van der Waals surface area contributed by atoms with Crippen LogP contribution < -0.4 is 4.74 Å². The highest BCUT2D eigenvalue weighted by Crippen LogP contribution is 2.35. The third-order valence-corrected chi connectivity index (χ3v) is 5.19. The SMILES string of the molecule is C[Si](C)(C)CC1Cc2cc3ccccc3cc2O1. The molecule has 0 spiro atoms. The lowest BCUT2D eigenvalue weighted by atomic mass is 10.0. The third-order valence-electron chi connectivity index (χ3n) is 3.51. The van der Waals surface area contributed by atoms with Gasteiger partial charge in [0.2, 0.25) is 0 Å². The van der Waals surface area contributed by atoms with Gasteiger partial charge in [0.15, 0.2) is 0 Å². The van der Waals surface area contributed by atoms with Crippen LogP contribution in [0.25, 0.3) is 10.8 Å². The van der Waals surface area contributed by atoms with Crippen molar-refractivity contribution in [2.45, 2.75) is 38.2 Å². The number of hydrogen-bond acceptors (Lipinski definition) is 1. The summed E-state index contributed by atoms with van der Waals surface area (Å²) in [6, 6.07) is 14.3. The average Bonchev–Trinajstić information content (AvgIpc) is 2.63. The van der Waals surface area contributed by atoms with E-state index in [1.54, 1.807) is 0 Å². The quantitative estimate of drug-likeness (QED) is 0.720. The van der Waals surface area contributed by atoms with Crippen LogP contribution in [0.5, 0.6) is 5.75 Å². The minimum absolute atomic E-state index is 0.406. The molecule has 94 valence electrons. The van der Waals surface area contributed by atoms with E-state index < -0.39 is 8.07 Å². The number of rotatable bonds is 2. The summed E-state index contributed by atoms with van der Waals surface area (Å²) in [6.45, 7) is 7.24. The van der Waals surface area contributed by atoms with E-state index in [4.69, 9.17) is 4.74 Å². The summed E-state index contributed by atoms with van der Waals surface area (Å²) >= 11 is 0. The van der Waals surface area contributed by atoms with Crippen LogP contribution in [0.1, 0.15) is 5.56 Å². The molecule has 1 aliphatic heterocycles. The van der Waals surface area contributed by atoms with E-state index in [1.165, 1.54) is 22.4 Å². The first-order valence-corrected chi connectivity index (χ1v) is 10.4. The highest BCUT2D eigenvalue weighted by Gasteiger charge is 2.28. The molecule has 1 aliphatic rings. The molecule has 0 aliphatic carbocycles. The molecule has 3 rings (SSSR count). The second kappa shape index (κ2) is 4.13. The molecule has 0 saturated carbocycles. The second-order valence-electron chi connectivity index (χ2n) is 6.52. The van der Waals surface area contributed by atoms with E-state index in [0.29, 0.717) is 6.10 Å². The fourth-order valence-corrected chi connectivity index (χ4v) is 4.39. The standard InChI is InChI=1S/C16H20OSi/c1-18(2,3)11-15-9-14-8-12-6-4-5-7-13(12)10-16(14)17-15/h4-8,10,15H,9,11H2,1-3H3. The van der Waals surface area contributed by atoms with Crippen LogP contribution in [0.15, 0.2) is 36.4 Å². The maximum Gasteiger partial charge on any atom is 0.123 e. The molecule has 0 bridgehead atoms. The van der Waals surface area contributed by atoms with Crippen LogP contribution in [-0.2, 0) is 6.42 Å². The number of ether oxygens (including phenoxy) is 1. The van der Waals surface area contributed by atoms with Crippen molar-refractivity contribution in [2.24, 2.45) is 0 Å².